The normalized spacial score (nSPS) is 10.8. The van der Waals surface area contributed by atoms with Gasteiger partial charge in [-0.15, -0.1) is 0 Å². The summed E-state index contributed by atoms with van der Waals surface area (Å²) in [5, 5.41) is 11.3. The molecule has 4 aromatic rings. The van der Waals surface area contributed by atoms with Crippen LogP contribution < -0.4 is 15.8 Å². The number of nitrogens with two attached hydrogens (primary N) is 1. The molecule has 0 saturated heterocycles. The van der Waals surface area contributed by atoms with E-state index in [1.165, 1.54) is 0 Å². The largest absolute Gasteiger partial charge is 0.497 e. The highest BCUT2D eigenvalue weighted by atomic mass is 16.5. The van der Waals surface area contributed by atoms with Gasteiger partial charge in [-0.1, -0.05) is 30.3 Å². The van der Waals surface area contributed by atoms with Crippen LogP contribution in [0.5, 0.6) is 5.75 Å². The molecule has 0 atom stereocenters. The second-order valence-corrected chi connectivity index (χ2v) is 5.60. The first kappa shape index (κ1) is 15.0. The highest BCUT2D eigenvalue weighted by molar-refractivity contribution is 6.06. The Morgan fingerprint density at radius 2 is 1.92 bits per heavy atom. The summed E-state index contributed by atoms with van der Waals surface area (Å²) in [5.74, 6) is 1.89. The lowest BCUT2D eigenvalue weighted by Gasteiger charge is -2.10. The van der Waals surface area contributed by atoms with Crippen molar-refractivity contribution in [3.63, 3.8) is 0 Å². The van der Waals surface area contributed by atoms with Crippen molar-refractivity contribution in [1.82, 2.24) is 15.2 Å². The molecule has 2 aromatic heterocycles. The second-order valence-electron chi connectivity index (χ2n) is 5.60. The van der Waals surface area contributed by atoms with E-state index < -0.39 is 0 Å². The summed E-state index contributed by atoms with van der Waals surface area (Å²) in [7, 11) is 1.64. The number of methoxy groups -OCH3 is 1. The van der Waals surface area contributed by atoms with E-state index in [-0.39, 0.29) is 0 Å². The van der Waals surface area contributed by atoms with Crippen LogP contribution >= 0.6 is 0 Å². The number of nitrogens with one attached hydrogen (secondary N) is 2. The lowest BCUT2D eigenvalue weighted by atomic mass is 10.0. The Bertz CT molecular complexity index is 1030. The van der Waals surface area contributed by atoms with Crippen molar-refractivity contribution in [3.05, 3.63) is 60.8 Å². The number of nitrogen functional groups attached to an aromatic ring is 1. The molecule has 0 saturated carbocycles. The molecule has 2 aromatic carbocycles. The third-order valence-electron chi connectivity index (χ3n) is 4.04. The average Bonchev–Trinajstić information content (AvgIpc) is 3.05. The topological polar surface area (TPSA) is 88.8 Å². The summed E-state index contributed by atoms with van der Waals surface area (Å²) in [6.07, 6.45) is 1.80. The standard InChI is InChI=1S/C19H17N5O/c1-25-14-9-5-6-12(10-14)15-11-21-19(17-16(15)18(20)24-23-17)22-13-7-3-2-4-8-13/h2-11H,1H3,(H,21,22)(H3,20,23,24). The van der Waals surface area contributed by atoms with Crippen LogP contribution in [0.3, 0.4) is 0 Å². The van der Waals surface area contributed by atoms with Gasteiger partial charge >= 0.3 is 0 Å². The minimum Gasteiger partial charge on any atom is -0.497 e. The Morgan fingerprint density at radius 3 is 2.72 bits per heavy atom. The van der Waals surface area contributed by atoms with Gasteiger partial charge in [0.2, 0.25) is 0 Å². The third-order valence-corrected chi connectivity index (χ3v) is 4.04. The molecule has 0 bridgehead atoms. The fourth-order valence-corrected chi connectivity index (χ4v) is 2.82. The Balaban J connectivity index is 1.85. The van der Waals surface area contributed by atoms with Crippen molar-refractivity contribution in [1.29, 1.82) is 0 Å². The highest BCUT2D eigenvalue weighted by Gasteiger charge is 2.15. The number of anilines is 3. The number of aromatic amines is 1. The Hall–Kier alpha value is -3.54. The fraction of sp³-hybridized carbons (Fsp3) is 0.0526. The van der Waals surface area contributed by atoms with Crippen LogP contribution in [-0.2, 0) is 0 Å². The summed E-state index contributed by atoms with van der Waals surface area (Å²) in [4.78, 5) is 4.57. The van der Waals surface area contributed by atoms with Gasteiger partial charge in [0, 0.05) is 17.4 Å². The molecule has 0 aliphatic carbocycles. The molecule has 0 fully saturated rings. The first-order valence-corrected chi connectivity index (χ1v) is 7.85. The maximum atomic E-state index is 6.12. The van der Waals surface area contributed by atoms with Crippen molar-refractivity contribution in [3.8, 4) is 16.9 Å². The lowest BCUT2D eigenvalue weighted by molar-refractivity contribution is 0.415. The number of hydrogen-bond acceptors (Lipinski definition) is 5. The molecular weight excluding hydrogens is 314 g/mol. The zero-order chi connectivity index (χ0) is 17.2. The Kier molecular flexibility index (Phi) is 3.70. The van der Waals surface area contributed by atoms with Crippen LogP contribution in [0, 0.1) is 0 Å². The van der Waals surface area contributed by atoms with Crippen LogP contribution in [-0.4, -0.2) is 22.3 Å². The number of H-pyrrole nitrogens is 1. The summed E-state index contributed by atoms with van der Waals surface area (Å²) in [6.45, 7) is 0. The number of rotatable bonds is 4. The number of nitrogens with zero attached hydrogens (tertiary/aromatic N) is 2. The van der Waals surface area contributed by atoms with E-state index in [2.05, 4.69) is 20.5 Å². The molecule has 124 valence electrons. The molecule has 2 heterocycles. The molecule has 4 rings (SSSR count). The third kappa shape index (κ3) is 2.74. The summed E-state index contributed by atoms with van der Waals surface area (Å²) in [5.41, 5.74) is 9.70. The number of pyridine rings is 1. The van der Waals surface area contributed by atoms with Crippen LogP contribution in [0.15, 0.2) is 60.8 Å². The smallest absolute Gasteiger partial charge is 0.156 e. The van der Waals surface area contributed by atoms with Crippen molar-refractivity contribution in [2.75, 3.05) is 18.2 Å². The van der Waals surface area contributed by atoms with E-state index in [4.69, 9.17) is 10.5 Å². The molecule has 0 spiro atoms. The number of aromatic nitrogens is 3. The van der Waals surface area contributed by atoms with Gasteiger partial charge in [0.15, 0.2) is 11.6 Å². The van der Waals surface area contributed by atoms with Gasteiger partial charge in [0.1, 0.15) is 11.3 Å². The predicted octanol–water partition coefficient (Wildman–Crippen LogP) is 3.96. The molecule has 4 N–H and O–H groups in total. The Morgan fingerprint density at radius 1 is 1.08 bits per heavy atom. The van der Waals surface area contributed by atoms with E-state index >= 15 is 0 Å². The molecule has 0 radical (unpaired) electrons. The number of para-hydroxylation sites is 1. The fourth-order valence-electron chi connectivity index (χ4n) is 2.82. The van der Waals surface area contributed by atoms with Gasteiger partial charge < -0.3 is 15.8 Å². The van der Waals surface area contributed by atoms with Gasteiger partial charge in [-0.05, 0) is 29.8 Å². The zero-order valence-electron chi connectivity index (χ0n) is 13.7. The van der Waals surface area contributed by atoms with E-state index in [0.717, 1.165) is 33.5 Å². The van der Waals surface area contributed by atoms with E-state index in [0.29, 0.717) is 11.6 Å². The molecular formula is C19H17N5O. The average molecular weight is 331 g/mol. The van der Waals surface area contributed by atoms with Gasteiger partial charge in [-0.3, -0.25) is 5.10 Å². The molecule has 0 amide bonds. The van der Waals surface area contributed by atoms with Crippen LogP contribution in [0.25, 0.3) is 22.0 Å². The molecule has 0 unspecified atom stereocenters. The van der Waals surface area contributed by atoms with Crippen LogP contribution in [0.2, 0.25) is 0 Å². The molecule has 0 aliphatic rings. The van der Waals surface area contributed by atoms with Crippen LogP contribution in [0.1, 0.15) is 0 Å². The van der Waals surface area contributed by atoms with Gasteiger partial charge in [-0.25, -0.2) is 4.98 Å². The number of benzene rings is 2. The lowest BCUT2D eigenvalue weighted by Crippen LogP contribution is -1.96. The monoisotopic (exact) mass is 331 g/mol. The van der Waals surface area contributed by atoms with Crippen molar-refractivity contribution in [2.45, 2.75) is 0 Å². The van der Waals surface area contributed by atoms with Gasteiger partial charge in [0.25, 0.3) is 0 Å². The quantitative estimate of drug-likeness (QED) is 0.527. The number of ether oxygens (including phenoxy) is 1. The first-order valence-electron chi connectivity index (χ1n) is 7.85. The molecule has 25 heavy (non-hydrogen) atoms. The van der Waals surface area contributed by atoms with Crippen molar-refractivity contribution < 1.29 is 4.74 Å². The summed E-state index contributed by atoms with van der Waals surface area (Å²) in [6, 6.07) is 17.6. The van der Waals surface area contributed by atoms with E-state index in [1.807, 2.05) is 54.6 Å². The van der Waals surface area contributed by atoms with Crippen molar-refractivity contribution in [2.24, 2.45) is 0 Å². The van der Waals surface area contributed by atoms with Gasteiger partial charge in [0.05, 0.1) is 12.5 Å². The minimum atomic E-state index is 0.436. The highest BCUT2D eigenvalue weighted by Crippen LogP contribution is 2.35. The zero-order valence-corrected chi connectivity index (χ0v) is 13.7. The van der Waals surface area contributed by atoms with Crippen LogP contribution in [0.4, 0.5) is 17.3 Å². The van der Waals surface area contributed by atoms with Gasteiger partial charge in [-0.2, -0.15) is 5.10 Å². The number of fused-ring (bicyclic) bond motifs is 1. The first-order chi connectivity index (χ1) is 12.3. The van der Waals surface area contributed by atoms with E-state index in [1.54, 1.807) is 13.3 Å². The maximum Gasteiger partial charge on any atom is 0.156 e. The van der Waals surface area contributed by atoms with E-state index in [9.17, 15) is 0 Å². The summed E-state index contributed by atoms with van der Waals surface area (Å²) < 4.78 is 5.32. The minimum absolute atomic E-state index is 0.436. The SMILES string of the molecule is COc1cccc(-c2cnc(Nc3ccccc3)c3[nH]nc(N)c23)c1. The Labute approximate surface area is 144 Å². The van der Waals surface area contributed by atoms with Crippen molar-refractivity contribution >= 4 is 28.2 Å². The number of hydrogen-bond donors (Lipinski definition) is 3. The molecule has 0 aliphatic heterocycles. The second kappa shape index (κ2) is 6.16. The maximum absolute atomic E-state index is 6.12. The predicted molar refractivity (Wildman–Crippen MR) is 100 cm³/mol. The molecule has 6 nitrogen and oxygen atoms in total. The summed E-state index contributed by atoms with van der Waals surface area (Å²) >= 11 is 0. The molecule has 6 heteroatoms.